The highest BCUT2D eigenvalue weighted by atomic mass is 79.9. The Morgan fingerprint density at radius 2 is 2.00 bits per heavy atom. The third-order valence-corrected chi connectivity index (χ3v) is 3.50. The van der Waals surface area contributed by atoms with Crippen LogP contribution >= 0.6 is 15.9 Å². The number of nitrogens with zero attached hydrogens (tertiary/aromatic N) is 1. The number of pyridine rings is 1. The standard InChI is InChI=1S/C16H13BrN2O4/c17-13-6-7-18-9-12(13)8-14(15(20)21)19-16(22)23-10-11-4-2-1-3-5-11/h1-9H,10H2,(H,19,22)(H,20,21)/b14-8+. The lowest BCUT2D eigenvalue weighted by Crippen LogP contribution is -2.27. The minimum atomic E-state index is -1.28. The second kappa shape index (κ2) is 8.09. The van der Waals surface area contributed by atoms with Crippen molar-refractivity contribution in [1.29, 1.82) is 0 Å². The van der Waals surface area contributed by atoms with Crippen LogP contribution in [0.3, 0.4) is 0 Å². The summed E-state index contributed by atoms with van der Waals surface area (Å²) in [5.41, 5.74) is 1.02. The number of nitrogens with one attached hydrogen (secondary N) is 1. The predicted octanol–water partition coefficient (Wildman–Crippen LogP) is 3.20. The Balaban J connectivity index is 2.03. The van der Waals surface area contributed by atoms with E-state index in [2.05, 4.69) is 26.2 Å². The first-order valence-electron chi connectivity index (χ1n) is 6.58. The summed E-state index contributed by atoms with van der Waals surface area (Å²) in [5, 5.41) is 11.4. The number of hydrogen-bond donors (Lipinski definition) is 2. The molecule has 1 amide bonds. The number of rotatable bonds is 5. The maximum atomic E-state index is 11.7. The zero-order valence-electron chi connectivity index (χ0n) is 11.9. The molecule has 0 unspecified atom stereocenters. The Bertz CT molecular complexity index is 732. The number of carboxylic acid groups (broad SMARTS) is 1. The molecule has 0 spiro atoms. The van der Waals surface area contributed by atoms with E-state index in [4.69, 9.17) is 4.74 Å². The van der Waals surface area contributed by atoms with E-state index in [-0.39, 0.29) is 12.3 Å². The number of aliphatic carboxylic acids is 1. The van der Waals surface area contributed by atoms with E-state index in [0.29, 0.717) is 10.0 Å². The van der Waals surface area contributed by atoms with Gasteiger partial charge in [-0.25, -0.2) is 9.59 Å². The van der Waals surface area contributed by atoms with Crippen LogP contribution in [0.2, 0.25) is 0 Å². The zero-order valence-corrected chi connectivity index (χ0v) is 13.5. The van der Waals surface area contributed by atoms with E-state index < -0.39 is 12.1 Å². The quantitative estimate of drug-likeness (QED) is 0.782. The first-order chi connectivity index (χ1) is 11.1. The van der Waals surface area contributed by atoms with Crippen molar-refractivity contribution in [1.82, 2.24) is 10.3 Å². The molecule has 1 heterocycles. The van der Waals surface area contributed by atoms with Gasteiger partial charge in [-0.2, -0.15) is 0 Å². The largest absolute Gasteiger partial charge is 0.477 e. The van der Waals surface area contributed by atoms with Crippen molar-refractivity contribution in [2.75, 3.05) is 0 Å². The fraction of sp³-hybridized carbons (Fsp3) is 0.0625. The molecule has 0 aliphatic heterocycles. The number of alkyl carbamates (subject to hydrolysis) is 1. The van der Waals surface area contributed by atoms with Crippen LogP contribution < -0.4 is 5.32 Å². The highest BCUT2D eigenvalue weighted by Crippen LogP contribution is 2.17. The number of amides is 1. The van der Waals surface area contributed by atoms with E-state index in [1.165, 1.54) is 12.3 Å². The molecular formula is C16H13BrN2O4. The van der Waals surface area contributed by atoms with E-state index >= 15 is 0 Å². The molecule has 118 valence electrons. The summed E-state index contributed by atoms with van der Waals surface area (Å²) in [6, 6.07) is 10.7. The SMILES string of the molecule is O=C(N/C(=C/c1cnccc1Br)C(=O)O)OCc1ccccc1. The number of ether oxygens (including phenoxy) is 1. The maximum absolute atomic E-state index is 11.7. The highest BCUT2D eigenvalue weighted by Gasteiger charge is 2.13. The van der Waals surface area contributed by atoms with Crippen LogP contribution in [-0.2, 0) is 16.1 Å². The molecule has 2 aromatic rings. The number of carbonyl (C=O) groups excluding carboxylic acids is 1. The number of benzene rings is 1. The second-order valence-corrected chi connectivity index (χ2v) is 5.30. The van der Waals surface area contributed by atoms with Crippen molar-refractivity contribution < 1.29 is 19.4 Å². The van der Waals surface area contributed by atoms with Gasteiger partial charge < -0.3 is 9.84 Å². The molecular weight excluding hydrogens is 364 g/mol. The Hall–Kier alpha value is -2.67. The Labute approximate surface area is 140 Å². The summed E-state index contributed by atoms with van der Waals surface area (Å²) in [6.45, 7) is 0.0517. The van der Waals surface area contributed by atoms with Crippen LogP contribution in [0, 0.1) is 0 Å². The molecule has 0 saturated carbocycles. The average molecular weight is 377 g/mol. The molecule has 0 fully saturated rings. The summed E-state index contributed by atoms with van der Waals surface area (Å²) < 4.78 is 5.65. The molecule has 0 aliphatic rings. The Morgan fingerprint density at radius 1 is 1.26 bits per heavy atom. The van der Waals surface area contributed by atoms with E-state index in [1.807, 2.05) is 18.2 Å². The van der Waals surface area contributed by atoms with Crippen LogP contribution in [0.4, 0.5) is 4.79 Å². The Kier molecular flexibility index (Phi) is 5.87. The molecule has 0 bridgehead atoms. The van der Waals surface area contributed by atoms with Crippen LogP contribution in [0.1, 0.15) is 11.1 Å². The minimum Gasteiger partial charge on any atom is -0.477 e. The van der Waals surface area contributed by atoms with Gasteiger partial charge in [-0.1, -0.05) is 46.3 Å². The van der Waals surface area contributed by atoms with Gasteiger partial charge in [0.25, 0.3) is 0 Å². The fourth-order valence-corrected chi connectivity index (χ4v) is 2.01. The highest BCUT2D eigenvalue weighted by molar-refractivity contribution is 9.10. The van der Waals surface area contributed by atoms with Crippen LogP contribution in [0.25, 0.3) is 6.08 Å². The average Bonchev–Trinajstić information content (AvgIpc) is 2.55. The topological polar surface area (TPSA) is 88.5 Å². The van der Waals surface area contributed by atoms with Gasteiger partial charge in [0, 0.05) is 22.4 Å². The summed E-state index contributed by atoms with van der Waals surface area (Å²) in [5.74, 6) is -1.28. The van der Waals surface area contributed by atoms with Gasteiger partial charge >= 0.3 is 12.1 Å². The van der Waals surface area contributed by atoms with E-state index in [0.717, 1.165) is 5.56 Å². The van der Waals surface area contributed by atoms with Gasteiger partial charge in [0.1, 0.15) is 12.3 Å². The van der Waals surface area contributed by atoms with Gasteiger partial charge in [0.05, 0.1) is 0 Å². The molecule has 23 heavy (non-hydrogen) atoms. The number of carbonyl (C=O) groups is 2. The van der Waals surface area contributed by atoms with Crippen LogP contribution in [-0.4, -0.2) is 22.2 Å². The van der Waals surface area contributed by atoms with Crippen molar-refractivity contribution in [3.05, 3.63) is 70.1 Å². The van der Waals surface area contributed by atoms with Crippen molar-refractivity contribution in [2.45, 2.75) is 6.61 Å². The maximum Gasteiger partial charge on any atom is 0.412 e. The molecule has 6 nitrogen and oxygen atoms in total. The normalized spacial score (nSPS) is 10.9. The number of hydrogen-bond acceptors (Lipinski definition) is 4. The zero-order chi connectivity index (χ0) is 16.7. The number of aromatic nitrogens is 1. The third-order valence-electron chi connectivity index (χ3n) is 2.78. The van der Waals surface area contributed by atoms with Gasteiger partial charge in [-0.3, -0.25) is 10.3 Å². The molecule has 1 aromatic heterocycles. The lowest BCUT2D eigenvalue weighted by molar-refractivity contribution is -0.132. The van der Waals surface area contributed by atoms with Crippen molar-refractivity contribution in [3.8, 4) is 0 Å². The molecule has 2 rings (SSSR count). The smallest absolute Gasteiger partial charge is 0.412 e. The van der Waals surface area contributed by atoms with Crippen molar-refractivity contribution >= 4 is 34.1 Å². The Morgan fingerprint density at radius 3 is 2.65 bits per heavy atom. The van der Waals surface area contributed by atoms with Gasteiger partial charge in [-0.05, 0) is 17.7 Å². The summed E-state index contributed by atoms with van der Waals surface area (Å²) in [4.78, 5) is 26.9. The molecule has 1 aromatic carbocycles. The molecule has 0 aliphatic carbocycles. The summed E-state index contributed by atoms with van der Waals surface area (Å²) in [7, 11) is 0. The van der Waals surface area contributed by atoms with E-state index in [9.17, 15) is 14.7 Å². The van der Waals surface area contributed by atoms with Crippen molar-refractivity contribution in [3.63, 3.8) is 0 Å². The van der Waals surface area contributed by atoms with Gasteiger partial charge in [0.15, 0.2) is 0 Å². The lowest BCUT2D eigenvalue weighted by atomic mass is 10.2. The van der Waals surface area contributed by atoms with Gasteiger partial charge in [-0.15, -0.1) is 0 Å². The number of halogens is 1. The summed E-state index contributed by atoms with van der Waals surface area (Å²) in [6.07, 6.45) is 3.49. The predicted molar refractivity (Wildman–Crippen MR) is 87.3 cm³/mol. The number of carboxylic acids is 1. The minimum absolute atomic E-state index is 0.0517. The second-order valence-electron chi connectivity index (χ2n) is 4.45. The molecule has 0 radical (unpaired) electrons. The first kappa shape index (κ1) is 16.7. The first-order valence-corrected chi connectivity index (χ1v) is 7.38. The molecule has 7 heteroatoms. The van der Waals surface area contributed by atoms with Crippen LogP contribution in [0.15, 0.2) is 59.0 Å². The molecule has 0 saturated heterocycles. The van der Waals surface area contributed by atoms with Crippen LogP contribution in [0.5, 0.6) is 0 Å². The van der Waals surface area contributed by atoms with E-state index in [1.54, 1.807) is 24.4 Å². The van der Waals surface area contributed by atoms with Gasteiger partial charge in [0.2, 0.25) is 0 Å². The third kappa shape index (κ3) is 5.23. The monoisotopic (exact) mass is 376 g/mol. The molecule has 0 atom stereocenters. The fourth-order valence-electron chi connectivity index (χ4n) is 1.67. The molecule has 2 N–H and O–H groups in total. The summed E-state index contributed by atoms with van der Waals surface area (Å²) >= 11 is 3.28. The lowest BCUT2D eigenvalue weighted by Gasteiger charge is -2.08. The van der Waals surface area contributed by atoms with Crippen molar-refractivity contribution in [2.24, 2.45) is 0 Å².